The molecule has 2 saturated heterocycles. The van der Waals surface area contributed by atoms with E-state index < -0.39 is 0 Å². The summed E-state index contributed by atoms with van der Waals surface area (Å²) >= 11 is 0. The highest BCUT2D eigenvalue weighted by molar-refractivity contribution is 4.87. The minimum Gasteiger partial charge on any atom is -0.316 e. The molecule has 2 atom stereocenters. The second-order valence-electron chi connectivity index (χ2n) is 4.13. The van der Waals surface area contributed by atoms with Crippen LogP contribution in [0.25, 0.3) is 0 Å². The first kappa shape index (κ1) is 8.27. The SMILES string of the molecule is C=CCN1C[C@H]2CNC[C@@H](C2)C1. The zero-order valence-corrected chi connectivity index (χ0v) is 7.63. The maximum absolute atomic E-state index is 3.79. The van der Waals surface area contributed by atoms with Crippen molar-refractivity contribution >= 4 is 0 Å². The smallest absolute Gasteiger partial charge is 0.0160 e. The molecule has 0 radical (unpaired) electrons. The molecule has 0 saturated carbocycles. The van der Waals surface area contributed by atoms with Gasteiger partial charge in [0.15, 0.2) is 0 Å². The van der Waals surface area contributed by atoms with Crippen molar-refractivity contribution in [1.82, 2.24) is 10.2 Å². The number of likely N-dealkylation sites (tertiary alicyclic amines) is 1. The van der Waals surface area contributed by atoms with Gasteiger partial charge >= 0.3 is 0 Å². The summed E-state index contributed by atoms with van der Waals surface area (Å²) in [6.07, 6.45) is 3.47. The maximum atomic E-state index is 3.79. The summed E-state index contributed by atoms with van der Waals surface area (Å²) in [7, 11) is 0. The average molecular weight is 166 g/mol. The van der Waals surface area contributed by atoms with E-state index in [9.17, 15) is 0 Å². The summed E-state index contributed by atoms with van der Waals surface area (Å²) < 4.78 is 0. The number of fused-ring (bicyclic) bond motifs is 2. The summed E-state index contributed by atoms with van der Waals surface area (Å²) in [4.78, 5) is 2.53. The lowest BCUT2D eigenvalue weighted by molar-refractivity contribution is 0.107. The van der Waals surface area contributed by atoms with Crippen molar-refractivity contribution in [3.63, 3.8) is 0 Å². The van der Waals surface area contributed by atoms with Gasteiger partial charge in [-0.25, -0.2) is 0 Å². The van der Waals surface area contributed by atoms with E-state index in [-0.39, 0.29) is 0 Å². The molecule has 0 amide bonds. The van der Waals surface area contributed by atoms with Crippen LogP contribution in [0.4, 0.5) is 0 Å². The largest absolute Gasteiger partial charge is 0.316 e. The van der Waals surface area contributed by atoms with Crippen molar-refractivity contribution in [3.05, 3.63) is 12.7 Å². The van der Waals surface area contributed by atoms with Gasteiger partial charge < -0.3 is 5.32 Å². The van der Waals surface area contributed by atoms with Crippen molar-refractivity contribution in [1.29, 1.82) is 0 Å². The second-order valence-corrected chi connectivity index (χ2v) is 4.13. The van der Waals surface area contributed by atoms with Crippen LogP contribution in [0.1, 0.15) is 6.42 Å². The predicted octanol–water partition coefficient (Wildman–Crippen LogP) is 0.714. The second kappa shape index (κ2) is 3.58. The molecule has 2 heterocycles. The van der Waals surface area contributed by atoms with Crippen LogP contribution in [0.5, 0.6) is 0 Å². The summed E-state index contributed by atoms with van der Waals surface area (Å²) in [5.74, 6) is 1.80. The van der Waals surface area contributed by atoms with Crippen LogP contribution in [-0.2, 0) is 0 Å². The van der Waals surface area contributed by atoms with Crippen molar-refractivity contribution in [2.45, 2.75) is 6.42 Å². The van der Waals surface area contributed by atoms with Crippen LogP contribution in [0.15, 0.2) is 12.7 Å². The monoisotopic (exact) mass is 166 g/mol. The summed E-state index contributed by atoms with van der Waals surface area (Å²) in [6.45, 7) is 9.87. The third-order valence-corrected chi connectivity index (χ3v) is 2.95. The Morgan fingerprint density at radius 2 is 2.00 bits per heavy atom. The first-order valence-corrected chi connectivity index (χ1v) is 4.92. The van der Waals surface area contributed by atoms with Crippen LogP contribution >= 0.6 is 0 Å². The molecule has 0 unspecified atom stereocenters. The number of nitrogens with one attached hydrogen (secondary N) is 1. The molecule has 0 aromatic carbocycles. The van der Waals surface area contributed by atoms with E-state index in [4.69, 9.17) is 0 Å². The van der Waals surface area contributed by atoms with E-state index in [1.54, 1.807) is 0 Å². The first-order chi connectivity index (χ1) is 5.88. The quantitative estimate of drug-likeness (QED) is 0.608. The minimum atomic E-state index is 0.900. The average Bonchev–Trinajstić information content (AvgIpc) is 2.04. The zero-order chi connectivity index (χ0) is 8.39. The van der Waals surface area contributed by atoms with Gasteiger partial charge in [-0.2, -0.15) is 0 Å². The fourth-order valence-corrected chi connectivity index (χ4v) is 2.54. The number of piperidine rings is 2. The molecule has 2 heteroatoms. The molecular formula is C10H18N2. The zero-order valence-electron chi connectivity index (χ0n) is 7.63. The van der Waals surface area contributed by atoms with E-state index >= 15 is 0 Å². The lowest BCUT2D eigenvalue weighted by Gasteiger charge is -2.41. The molecule has 2 nitrogen and oxygen atoms in total. The van der Waals surface area contributed by atoms with Crippen molar-refractivity contribution in [2.24, 2.45) is 11.8 Å². The molecule has 2 rings (SSSR count). The Labute approximate surface area is 74.6 Å². The van der Waals surface area contributed by atoms with E-state index in [1.165, 1.54) is 32.6 Å². The topological polar surface area (TPSA) is 15.3 Å². The molecule has 68 valence electrons. The molecule has 0 aliphatic carbocycles. The minimum absolute atomic E-state index is 0.900. The van der Waals surface area contributed by atoms with Gasteiger partial charge in [0.2, 0.25) is 0 Å². The fourth-order valence-electron chi connectivity index (χ4n) is 2.54. The van der Waals surface area contributed by atoms with Gasteiger partial charge in [-0.3, -0.25) is 4.90 Å². The Morgan fingerprint density at radius 3 is 2.58 bits per heavy atom. The molecular weight excluding hydrogens is 148 g/mol. The molecule has 2 aliphatic heterocycles. The Balaban J connectivity index is 1.91. The molecule has 2 fully saturated rings. The molecule has 0 aromatic heterocycles. The third kappa shape index (κ3) is 1.70. The molecule has 0 spiro atoms. The van der Waals surface area contributed by atoms with Gasteiger partial charge in [0.1, 0.15) is 0 Å². The Kier molecular flexibility index (Phi) is 2.47. The van der Waals surface area contributed by atoms with Crippen LogP contribution in [0.3, 0.4) is 0 Å². The number of rotatable bonds is 2. The van der Waals surface area contributed by atoms with Crippen LogP contribution in [0.2, 0.25) is 0 Å². The summed E-state index contributed by atoms with van der Waals surface area (Å²) in [5.41, 5.74) is 0. The van der Waals surface area contributed by atoms with Crippen molar-refractivity contribution in [3.8, 4) is 0 Å². The highest BCUT2D eigenvalue weighted by Crippen LogP contribution is 2.23. The number of hydrogen-bond donors (Lipinski definition) is 1. The standard InChI is InChI=1S/C10H18N2/c1-2-3-12-7-9-4-10(8-12)6-11-5-9/h2,9-11H,1,3-8H2/t9-,10-/m1/s1. The van der Waals surface area contributed by atoms with Gasteiger partial charge in [0.05, 0.1) is 0 Å². The highest BCUT2D eigenvalue weighted by Gasteiger charge is 2.29. The van der Waals surface area contributed by atoms with E-state index in [1.807, 2.05) is 6.08 Å². The van der Waals surface area contributed by atoms with Crippen molar-refractivity contribution < 1.29 is 0 Å². The van der Waals surface area contributed by atoms with E-state index in [0.29, 0.717) is 0 Å². The number of hydrogen-bond acceptors (Lipinski definition) is 2. The Morgan fingerprint density at radius 1 is 1.33 bits per heavy atom. The maximum Gasteiger partial charge on any atom is 0.0160 e. The van der Waals surface area contributed by atoms with Gasteiger partial charge in [0.25, 0.3) is 0 Å². The molecule has 2 aliphatic rings. The normalized spacial score (nSPS) is 36.3. The Bertz CT molecular complexity index is 155. The summed E-state index contributed by atoms with van der Waals surface area (Å²) in [6, 6.07) is 0. The van der Waals surface area contributed by atoms with Crippen molar-refractivity contribution in [2.75, 3.05) is 32.7 Å². The number of nitrogens with zero attached hydrogens (tertiary/aromatic N) is 1. The highest BCUT2D eigenvalue weighted by atomic mass is 15.1. The van der Waals surface area contributed by atoms with Gasteiger partial charge in [-0.15, -0.1) is 6.58 Å². The molecule has 12 heavy (non-hydrogen) atoms. The third-order valence-electron chi connectivity index (χ3n) is 2.95. The lowest BCUT2D eigenvalue weighted by Crippen LogP contribution is -2.50. The van der Waals surface area contributed by atoms with Crippen LogP contribution in [0, 0.1) is 11.8 Å². The molecule has 1 N–H and O–H groups in total. The summed E-state index contributed by atoms with van der Waals surface area (Å²) in [5, 5.41) is 3.50. The lowest BCUT2D eigenvalue weighted by atomic mass is 9.86. The van der Waals surface area contributed by atoms with Gasteiger partial charge in [-0.05, 0) is 31.3 Å². The van der Waals surface area contributed by atoms with E-state index in [0.717, 1.165) is 18.4 Å². The predicted molar refractivity (Wildman–Crippen MR) is 51.1 cm³/mol. The van der Waals surface area contributed by atoms with Gasteiger partial charge in [0, 0.05) is 19.6 Å². The van der Waals surface area contributed by atoms with Gasteiger partial charge in [-0.1, -0.05) is 6.08 Å². The Hall–Kier alpha value is -0.340. The van der Waals surface area contributed by atoms with Crippen LogP contribution in [-0.4, -0.2) is 37.6 Å². The molecule has 2 bridgehead atoms. The molecule has 0 aromatic rings. The first-order valence-electron chi connectivity index (χ1n) is 4.92. The van der Waals surface area contributed by atoms with Crippen LogP contribution < -0.4 is 5.32 Å². The van der Waals surface area contributed by atoms with E-state index in [2.05, 4.69) is 16.8 Å². The fraction of sp³-hybridized carbons (Fsp3) is 0.800.